The molecule has 0 aliphatic carbocycles. The molecular weight excluding hydrogens is 169 g/mol. The minimum Gasteiger partial charge on any atom is -0.237 e. The molecule has 0 atom stereocenters. The summed E-state index contributed by atoms with van der Waals surface area (Å²) in [6, 6.07) is 1.59. The molecule has 0 saturated carbocycles. The zero-order valence-corrected chi connectivity index (χ0v) is 6.25. The third-order valence-electron chi connectivity index (χ3n) is 1.32. The van der Waals surface area contributed by atoms with Crippen molar-refractivity contribution in [3.05, 3.63) is 24.8 Å². The first kappa shape index (κ1) is 8.96. The number of rotatable bonds is 2. The van der Waals surface area contributed by atoms with Crippen LogP contribution in [-0.4, -0.2) is 11.2 Å². The van der Waals surface area contributed by atoms with Crippen molar-refractivity contribution in [2.45, 2.75) is 19.1 Å². The van der Waals surface area contributed by atoms with E-state index in [9.17, 15) is 13.2 Å². The van der Waals surface area contributed by atoms with E-state index in [4.69, 9.17) is 0 Å². The van der Waals surface area contributed by atoms with Crippen LogP contribution in [0.2, 0.25) is 0 Å². The molecule has 0 bridgehead atoms. The molecule has 0 radical (unpaired) electrons. The maximum atomic E-state index is 11.7. The third-order valence-corrected chi connectivity index (χ3v) is 1.32. The Bertz CT molecular complexity index is 232. The predicted octanol–water partition coefficient (Wildman–Crippen LogP) is 1.32. The molecule has 2 nitrogen and oxygen atoms in total. The molecule has 0 fully saturated rings. The molecule has 5 heteroatoms. The van der Waals surface area contributed by atoms with E-state index >= 15 is 0 Å². The summed E-state index contributed by atoms with van der Waals surface area (Å²) in [5, 5.41) is 0. The first-order chi connectivity index (χ1) is 5.58. The molecule has 1 heterocycles. The van der Waals surface area contributed by atoms with Crippen LogP contribution < -0.4 is 4.57 Å². The minimum absolute atomic E-state index is 0.0721. The van der Waals surface area contributed by atoms with Gasteiger partial charge < -0.3 is 0 Å². The van der Waals surface area contributed by atoms with Crippen molar-refractivity contribution in [3.63, 3.8) is 0 Å². The van der Waals surface area contributed by atoms with Crippen molar-refractivity contribution < 1.29 is 17.7 Å². The van der Waals surface area contributed by atoms with Crippen LogP contribution in [0.4, 0.5) is 13.2 Å². The van der Waals surface area contributed by atoms with E-state index in [1.165, 1.54) is 17.1 Å². The van der Waals surface area contributed by atoms with E-state index in [2.05, 4.69) is 4.98 Å². The second-order valence-corrected chi connectivity index (χ2v) is 2.36. The summed E-state index contributed by atoms with van der Waals surface area (Å²) < 4.78 is 36.5. The van der Waals surface area contributed by atoms with Gasteiger partial charge in [-0.1, -0.05) is 4.98 Å². The van der Waals surface area contributed by atoms with Gasteiger partial charge in [-0.2, -0.15) is 13.2 Å². The Morgan fingerprint density at radius 1 is 1.33 bits per heavy atom. The van der Waals surface area contributed by atoms with Gasteiger partial charge in [-0.3, -0.25) is 0 Å². The van der Waals surface area contributed by atoms with Crippen LogP contribution in [0.1, 0.15) is 6.42 Å². The number of aromatic nitrogens is 2. The molecular formula is C7H8F3N2+. The minimum atomic E-state index is -4.09. The van der Waals surface area contributed by atoms with Crippen molar-refractivity contribution in [2.24, 2.45) is 0 Å². The Morgan fingerprint density at radius 3 is 2.58 bits per heavy atom. The maximum absolute atomic E-state index is 11.7. The van der Waals surface area contributed by atoms with E-state index in [0.717, 1.165) is 0 Å². The summed E-state index contributed by atoms with van der Waals surface area (Å²) in [4.78, 5) is 3.68. The number of halogens is 3. The van der Waals surface area contributed by atoms with Crippen LogP contribution in [0.15, 0.2) is 24.8 Å². The second-order valence-electron chi connectivity index (χ2n) is 2.36. The van der Waals surface area contributed by atoms with Gasteiger partial charge in [0.2, 0.25) is 0 Å². The fraction of sp³-hybridized carbons (Fsp3) is 0.429. The molecule has 0 unspecified atom stereocenters. The first-order valence-electron chi connectivity index (χ1n) is 3.44. The lowest BCUT2D eigenvalue weighted by atomic mass is 10.4. The van der Waals surface area contributed by atoms with Gasteiger partial charge in [0.25, 0.3) is 6.33 Å². The van der Waals surface area contributed by atoms with Gasteiger partial charge in [0, 0.05) is 6.07 Å². The number of alkyl halides is 3. The van der Waals surface area contributed by atoms with Gasteiger partial charge in [-0.25, -0.2) is 4.57 Å². The van der Waals surface area contributed by atoms with E-state index in [1.54, 1.807) is 12.3 Å². The van der Waals surface area contributed by atoms with Gasteiger partial charge in [-0.15, -0.1) is 0 Å². The number of hydrogen-bond acceptors (Lipinski definition) is 1. The van der Waals surface area contributed by atoms with Gasteiger partial charge in [0.1, 0.15) is 6.20 Å². The standard InChI is InChI=1S/C7H8F3N2/c8-7(9,10)2-5-12-4-1-3-11-6-12/h1,3-4,6H,2,5H2/q+1. The van der Waals surface area contributed by atoms with E-state index < -0.39 is 12.6 Å². The normalized spacial score (nSPS) is 11.6. The van der Waals surface area contributed by atoms with E-state index in [1.807, 2.05) is 0 Å². The van der Waals surface area contributed by atoms with Gasteiger partial charge in [0.05, 0.1) is 19.2 Å². The summed E-state index contributed by atoms with van der Waals surface area (Å²) in [5.74, 6) is 0. The van der Waals surface area contributed by atoms with Crippen LogP contribution in [0.3, 0.4) is 0 Å². The van der Waals surface area contributed by atoms with Crippen molar-refractivity contribution in [2.75, 3.05) is 0 Å². The molecule has 66 valence electrons. The van der Waals surface area contributed by atoms with Crippen molar-refractivity contribution >= 4 is 0 Å². The molecule has 12 heavy (non-hydrogen) atoms. The second kappa shape index (κ2) is 3.51. The zero-order chi connectivity index (χ0) is 9.03. The Balaban J connectivity index is 2.44. The van der Waals surface area contributed by atoms with Crippen LogP contribution >= 0.6 is 0 Å². The molecule has 0 aromatic carbocycles. The fourth-order valence-electron chi connectivity index (χ4n) is 0.749. The lowest BCUT2D eigenvalue weighted by Gasteiger charge is -2.03. The molecule has 0 aliphatic rings. The third kappa shape index (κ3) is 3.32. The number of nitrogens with zero attached hydrogens (tertiary/aromatic N) is 2. The van der Waals surface area contributed by atoms with E-state index in [0.29, 0.717) is 0 Å². The van der Waals surface area contributed by atoms with Crippen molar-refractivity contribution in [1.29, 1.82) is 0 Å². The van der Waals surface area contributed by atoms with Gasteiger partial charge in [-0.05, 0) is 0 Å². The molecule has 0 aliphatic heterocycles. The molecule has 1 aromatic rings. The Hall–Kier alpha value is -1.13. The Morgan fingerprint density at radius 2 is 2.08 bits per heavy atom. The predicted molar refractivity (Wildman–Crippen MR) is 35.1 cm³/mol. The summed E-state index contributed by atoms with van der Waals surface area (Å²) in [6.07, 6.45) is -0.471. The van der Waals surface area contributed by atoms with E-state index in [-0.39, 0.29) is 6.54 Å². The highest BCUT2D eigenvalue weighted by Crippen LogP contribution is 2.18. The summed E-state index contributed by atoms with van der Waals surface area (Å²) >= 11 is 0. The zero-order valence-electron chi connectivity index (χ0n) is 6.25. The van der Waals surface area contributed by atoms with Crippen molar-refractivity contribution in [1.82, 2.24) is 4.98 Å². The number of aryl methyl sites for hydroxylation is 1. The largest absolute Gasteiger partial charge is 0.392 e. The number of hydrogen-bond donors (Lipinski definition) is 0. The van der Waals surface area contributed by atoms with Crippen molar-refractivity contribution in [3.8, 4) is 0 Å². The molecule has 0 spiro atoms. The lowest BCUT2D eigenvalue weighted by molar-refractivity contribution is -0.703. The van der Waals surface area contributed by atoms with Gasteiger partial charge >= 0.3 is 6.18 Å². The molecule has 0 amide bonds. The first-order valence-corrected chi connectivity index (χ1v) is 3.44. The van der Waals surface area contributed by atoms with Crippen LogP contribution in [0.5, 0.6) is 0 Å². The highest BCUT2D eigenvalue weighted by atomic mass is 19.4. The molecule has 0 N–H and O–H groups in total. The topological polar surface area (TPSA) is 16.8 Å². The molecule has 1 aromatic heterocycles. The Labute approximate surface area is 67.7 Å². The maximum Gasteiger partial charge on any atom is 0.392 e. The van der Waals surface area contributed by atoms with Crippen LogP contribution in [-0.2, 0) is 6.54 Å². The Kier molecular flexibility index (Phi) is 2.62. The highest BCUT2D eigenvalue weighted by Gasteiger charge is 2.27. The summed E-state index contributed by atoms with van der Waals surface area (Å²) in [6.45, 7) is -0.0721. The quantitative estimate of drug-likeness (QED) is 0.622. The SMILES string of the molecule is FC(F)(F)CC[n+]1cccnc1. The smallest absolute Gasteiger partial charge is 0.237 e. The average Bonchev–Trinajstić information content (AvgIpc) is 2.02. The van der Waals surface area contributed by atoms with Gasteiger partial charge in [0.15, 0.2) is 0 Å². The monoisotopic (exact) mass is 177 g/mol. The average molecular weight is 177 g/mol. The highest BCUT2D eigenvalue weighted by molar-refractivity contribution is 4.69. The summed E-state index contributed by atoms with van der Waals surface area (Å²) in [5.41, 5.74) is 0. The lowest BCUT2D eigenvalue weighted by Crippen LogP contribution is -2.35. The fourth-order valence-corrected chi connectivity index (χ4v) is 0.749. The van der Waals surface area contributed by atoms with Crippen LogP contribution in [0, 0.1) is 0 Å². The van der Waals surface area contributed by atoms with Crippen LogP contribution in [0.25, 0.3) is 0 Å². The molecule has 0 saturated heterocycles. The summed E-state index contributed by atoms with van der Waals surface area (Å²) in [7, 11) is 0. The molecule has 1 rings (SSSR count).